The molecule has 2 aromatic rings. The van der Waals surface area contributed by atoms with Crippen molar-refractivity contribution in [2.24, 2.45) is 0 Å². The van der Waals surface area contributed by atoms with E-state index in [1.807, 2.05) is 12.1 Å². The normalized spacial score (nSPS) is 13.1. The Morgan fingerprint density at radius 3 is 2.24 bits per heavy atom. The van der Waals surface area contributed by atoms with Crippen LogP contribution in [0.25, 0.3) is 0 Å². The molecular formula is C17H20ClNOS. The summed E-state index contributed by atoms with van der Waals surface area (Å²) < 4.78 is 12.4. The number of nitrogens with two attached hydrogens (primary N) is 1. The second-order valence-electron chi connectivity index (χ2n) is 6.12. The lowest BCUT2D eigenvalue weighted by atomic mass is 9.87. The third kappa shape index (κ3) is 4.08. The van der Waals surface area contributed by atoms with Crippen LogP contribution in [-0.4, -0.2) is 4.21 Å². The van der Waals surface area contributed by atoms with E-state index in [1.54, 1.807) is 18.2 Å². The summed E-state index contributed by atoms with van der Waals surface area (Å²) in [7, 11) is -1.17. The van der Waals surface area contributed by atoms with Crippen LogP contribution in [0.5, 0.6) is 0 Å². The largest absolute Gasteiger partial charge is 0.398 e. The van der Waals surface area contributed by atoms with E-state index < -0.39 is 10.8 Å². The molecule has 0 aliphatic rings. The first-order valence-electron chi connectivity index (χ1n) is 6.80. The van der Waals surface area contributed by atoms with Gasteiger partial charge in [-0.3, -0.25) is 4.21 Å². The molecule has 2 rings (SSSR count). The zero-order valence-electron chi connectivity index (χ0n) is 12.5. The second kappa shape index (κ2) is 6.20. The molecule has 21 heavy (non-hydrogen) atoms. The Bertz CT molecular complexity index is 659. The molecule has 0 aliphatic carbocycles. The van der Waals surface area contributed by atoms with E-state index in [9.17, 15) is 4.21 Å². The molecule has 4 heteroatoms. The molecule has 0 fully saturated rings. The molecule has 0 spiro atoms. The van der Waals surface area contributed by atoms with Gasteiger partial charge in [-0.05, 0) is 34.7 Å². The van der Waals surface area contributed by atoms with Gasteiger partial charge in [0.05, 0.1) is 21.4 Å². The Morgan fingerprint density at radius 2 is 1.71 bits per heavy atom. The smallest absolute Gasteiger partial charge is 0.0621 e. The Kier molecular flexibility index (Phi) is 4.74. The van der Waals surface area contributed by atoms with Gasteiger partial charge in [-0.15, -0.1) is 0 Å². The van der Waals surface area contributed by atoms with E-state index in [4.69, 9.17) is 17.3 Å². The van der Waals surface area contributed by atoms with Gasteiger partial charge in [-0.25, -0.2) is 0 Å². The molecular weight excluding hydrogens is 302 g/mol. The number of anilines is 1. The maximum absolute atomic E-state index is 12.4. The monoisotopic (exact) mass is 321 g/mol. The first kappa shape index (κ1) is 16.1. The summed E-state index contributed by atoms with van der Waals surface area (Å²) in [5.41, 5.74) is 8.79. The van der Waals surface area contributed by atoms with E-state index in [0.717, 1.165) is 5.56 Å². The van der Waals surface area contributed by atoms with Crippen LogP contribution < -0.4 is 5.73 Å². The van der Waals surface area contributed by atoms with Crippen molar-refractivity contribution in [3.05, 3.63) is 58.6 Å². The van der Waals surface area contributed by atoms with Crippen molar-refractivity contribution >= 4 is 28.1 Å². The first-order chi connectivity index (χ1) is 9.77. The Morgan fingerprint density at radius 1 is 1.10 bits per heavy atom. The molecule has 112 valence electrons. The van der Waals surface area contributed by atoms with Gasteiger partial charge in [0.15, 0.2) is 0 Å². The second-order valence-corrected chi connectivity index (χ2v) is 7.97. The van der Waals surface area contributed by atoms with Gasteiger partial charge in [0.25, 0.3) is 0 Å². The minimum Gasteiger partial charge on any atom is -0.398 e. The molecule has 0 aliphatic heterocycles. The average Bonchev–Trinajstić information content (AvgIpc) is 2.38. The van der Waals surface area contributed by atoms with Gasteiger partial charge < -0.3 is 5.73 Å². The highest BCUT2D eigenvalue weighted by Gasteiger charge is 2.14. The third-order valence-corrected chi connectivity index (χ3v) is 5.03. The molecule has 0 bridgehead atoms. The fourth-order valence-corrected chi connectivity index (χ4v) is 3.43. The molecule has 2 nitrogen and oxygen atoms in total. The van der Waals surface area contributed by atoms with Crippen molar-refractivity contribution in [2.75, 3.05) is 5.73 Å². The Balaban J connectivity index is 2.16. The summed E-state index contributed by atoms with van der Waals surface area (Å²) in [6.45, 7) is 6.53. The molecule has 1 unspecified atom stereocenters. The minimum atomic E-state index is -1.17. The summed E-state index contributed by atoms with van der Waals surface area (Å²) in [6, 6.07) is 13.3. The minimum absolute atomic E-state index is 0.123. The number of halogens is 1. The number of hydrogen-bond acceptors (Lipinski definition) is 2. The molecule has 0 aromatic heterocycles. The van der Waals surface area contributed by atoms with Crippen LogP contribution in [0.1, 0.15) is 31.9 Å². The first-order valence-corrected chi connectivity index (χ1v) is 8.50. The lowest BCUT2D eigenvalue weighted by Crippen LogP contribution is -2.10. The summed E-state index contributed by atoms with van der Waals surface area (Å²) in [5, 5.41) is 0.558. The maximum Gasteiger partial charge on any atom is 0.0621 e. The molecule has 0 radical (unpaired) electrons. The van der Waals surface area contributed by atoms with Crippen molar-refractivity contribution in [1.29, 1.82) is 0 Å². The summed E-state index contributed by atoms with van der Waals surface area (Å²) in [6.07, 6.45) is 0. The molecule has 2 N–H and O–H groups in total. The number of nitrogen functional groups attached to an aromatic ring is 1. The highest BCUT2D eigenvalue weighted by molar-refractivity contribution is 7.84. The van der Waals surface area contributed by atoms with Crippen LogP contribution in [0, 0.1) is 0 Å². The summed E-state index contributed by atoms with van der Waals surface area (Å²) in [5.74, 6) is 0.455. The summed E-state index contributed by atoms with van der Waals surface area (Å²) >= 11 is 5.86. The lowest BCUT2D eigenvalue weighted by Gasteiger charge is -2.19. The van der Waals surface area contributed by atoms with Gasteiger partial charge in [0, 0.05) is 10.7 Å². The predicted molar refractivity (Wildman–Crippen MR) is 91.1 cm³/mol. The van der Waals surface area contributed by atoms with E-state index in [1.165, 1.54) is 5.56 Å². The van der Waals surface area contributed by atoms with Crippen molar-refractivity contribution in [3.63, 3.8) is 0 Å². The Labute approximate surface area is 133 Å². The standard InChI is InChI=1S/C17H20ClNOS/c1-17(2,3)13-6-4-12(5-7-13)11-21(20)16-9-8-14(18)10-15(16)19/h4-10H,11,19H2,1-3H3. The zero-order chi connectivity index (χ0) is 15.6. The third-order valence-electron chi connectivity index (χ3n) is 3.33. The maximum atomic E-state index is 12.4. The van der Waals surface area contributed by atoms with E-state index in [-0.39, 0.29) is 5.41 Å². The van der Waals surface area contributed by atoms with Crippen LogP contribution in [0.4, 0.5) is 5.69 Å². The topological polar surface area (TPSA) is 43.1 Å². The van der Waals surface area contributed by atoms with Gasteiger partial charge in [-0.2, -0.15) is 0 Å². The van der Waals surface area contributed by atoms with Crippen LogP contribution in [-0.2, 0) is 22.0 Å². The fourth-order valence-electron chi connectivity index (χ4n) is 2.06. The van der Waals surface area contributed by atoms with E-state index >= 15 is 0 Å². The highest BCUT2D eigenvalue weighted by Crippen LogP contribution is 2.25. The quantitative estimate of drug-likeness (QED) is 0.844. The average molecular weight is 322 g/mol. The zero-order valence-corrected chi connectivity index (χ0v) is 14.1. The lowest BCUT2D eigenvalue weighted by molar-refractivity contribution is 0.590. The van der Waals surface area contributed by atoms with Gasteiger partial charge >= 0.3 is 0 Å². The van der Waals surface area contributed by atoms with Crippen LogP contribution in [0.3, 0.4) is 0 Å². The molecule has 2 aromatic carbocycles. The number of benzene rings is 2. The predicted octanol–water partition coefficient (Wildman–Crippen LogP) is 4.53. The van der Waals surface area contributed by atoms with Gasteiger partial charge in [0.2, 0.25) is 0 Å². The molecule has 0 saturated carbocycles. The van der Waals surface area contributed by atoms with Crippen molar-refractivity contribution < 1.29 is 4.21 Å². The molecule has 0 saturated heterocycles. The summed E-state index contributed by atoms with van der Waals surface area (Å²) in [4.78, 5) is 0.638. The van der Waals surface area contributed by atoms with Crippen molar-refractivity contribution in [3.8, 4) is 0 Å². The van der Waals surface area contributed by atoms with Crippen molar-refractivity contribution in [1.82, 2.24) is 0 Å². The Hall–Kier alpha value is -1.32. The van der Waals surface area contributed by atoms with Crippen LogP contribution in [0.2, 0.25) is 5.02 Å². The number of rotatable bonds is 3. The molecule has 1 atom stereocenters. The van der Waals surface area contributed by atoms with Gasteiger partial charge in [-0.1, -0.05) is 56.6 Å². The fraction of sp³-hybridized carbons (Fsp3) is 0.294. The van der Waals surface area contributed by atoms with E-state index in [0.29, 0.717) is 21.4 Å². The van der Waals surface area contributed by atoms with Crippen molar-refractivity contribution in [2.45, 2.75) is 36.8 Å². The SMILES string of the molecule is CC(C)(C)c1ccc(CS(=O)c2ccc(Cl)cc2N)cc1. The number of hydrogen-bond donors (Lipinski definition) is 1. The van der Waals surface area contributed by atoms with Crippen LogP contribution >= 0.6 is 11.6 Å². The van der Waals surface area contributed by atoms with Crippen LogP contribution in [0.15, 0.2) is 47.4 Å². The molecule has 0 heterocycles. The molecule has 0 amide bonds. The van der Waals surface area contributed by atoms with Gasteiger partial charge in [0.1, 0.15) is 0 Å². The van der Waals surface area contributed by atoms with E-state index in [2.05, 4.69) is 32.9 Å². The highest BCUT2D eigenvalue weighted by atomic mass is 35.5.